The summed E-state index contributed by atoms with van der Waals surface area (Å²) in [6.07, 6.45) is 8.23. The molecule has 2 aromatic rings. The van der Waals surface area contributed by atoms with Crippen LogP contribution in [0.3, 0.4) is 0 Å². The quantitative estimate of drug-likeness (QED) is 0.274. The Hall–Kier alpha value is -3.34. The van der Waals surface area contributed by atoms with E-state index < -0.39 is 23.7 Å². The molecule has 0 aromatic heterocycles. The number of aromatic carboxylic acids is 1. The molecule has 3 fully saturated rings. The molecule has 11 heteroatoms. The lowest BCUT2D eigenvalue weighted by atomic mass is 9.79. The Labute approximate surface area is 277 Å². The molecule has 2 saturated heterocycles. The third-order valence-corrected chi connectivity index (χ3v) is 9.87. The molecule has 2 heterocycles. The summed E-state index contributed by atoms with van der Waals surface area (Å²) in [5.41, 5.74) is 0.328. The van der Waals surface area contributed by atoms with Crippen LogP contribution in [0, 0.1) is 5.92 Å². The SMILES string of the molecule is CCCCN1C(=O)[C@@H]([C@H](O)C2CCCCCC2)NC(=O)C12CCN(Cc1ccc(Oc3ccc(C(=O)O)cc3OC)cc1)CC2.Cl. The molecule has 2 aromatic carbocycles. The number of rotatable bonds is 11. The van der Waals surface area contributed by atoms with Crippen LogP contribution < -0.4 is 14.8 Å². The highest BCUT2D eigenvalue weighted by molar-refractivity contribution is 6.00. The number of unbranched alkanes of at least 4 members (excludes halogenated alkanes) is 1. The van der Waals surface area contributed by atoms with Gasteiger partial charge in [-0.2, -0.15) is 0 Å². The molecule has 2 atom stereocenters. The van der Waals surface area contributed by atoms with Crippen molar-refractivity contribution < 1.29 is 34.1 Å². The molecule has 0 bridgehead atoms. The maximum atomic E-state index is 13.9. The van der Waals surface area contributed by atoms with Gasteiger partial charge >= 0.3 is 5.97 Å². The van der Waals surface area contributed by atoms with E-state index in [1.807, 2.05) is 29.2 Å². The van der Waals surface area contributed by atoms with E-state index >= 15 is 0 Å². The highest BCUT2D eigenvalue weighted by atomic mass is 35.5. The summed E-state index contributed by atoms with van der Waals surface area (Å²) in [6, 6.07) is 11.3. The first-order valence-corrected chi connectivity index (χ1v) is 16.5. The van der Waals surface area contributed by atoms with Crippen LogP contribution in [0.1, 0.15) is 87.1 Å². The molecule has 1 aliphatic carbocycles. The number of ether oxygens (including phenoxy) is 2. The van der Waals surface area contributed by atoms with Gasteiger partial charge in [0.1, 0.15) is 17.3 Å². The number of carboxylic acids is 1. The van der Waals surface area contributed by atoms with Crippen molar-refractivity contribution in [1.29, 1.82) is 0 Å². The molecule has 0 radical (unpaired) electrons. The first-order valence-electron chi connectivity index (χ1n) is 16.5. The number of amides is 2. The molecule has 1 spiro atoms. The number of piperidine rings is 1. The minimum absolute atomic E-state index is 0. The maximum Gasteiger partial charge on any atom is 0.335 e. The van der Waals surface area contributed by atoms with Crippen LogP contribution >= 0.6 is 12.4 Å². The zero-order valence-electron chi connectivity index (χ0n) is 26.9. The summed E-state index contributed by atoms with van der Waals surface area (Å²) in [7, 11) is 1.47. The van der Waals surface area contributed by atoms with Crippen LogP contribution in [0.4, 0.5) is 0 Å². The van der Waals surface area contributed by atoms with Crippen LogP contribution in [-0.2, 0) is 16.1 Å². The van der Waals surface area contributed by atoms with Gasteiger partial charge in [-0.25, -0.2) is 4.79 Å². The molecular formula is C35H48ClN3O7. The number of halogens is 1. The first kappa shape index (κ1) is 35.5. The molecule has 252 valence electrons. The molecule has 0 unspecified atom stereocenters. The summed E-state index contributed by atoms with van der Waals surface area (Å²) in [4.78, 5) is 43.1. The average molecular weight is 658 g/mol. The maximum absolute atomic E-state index is 13.9. The van der Waals surface area contributed by atoms with Gasteiger partial charge in [-0.05, 0) is 73.9 Å². The Morgan fingerprint density at radius 3 is 2.30 bits per heavy atom. The van der Waals surface area contributed by atoms with Crippen molar-refractivity contribution >= 4 is 30.2 Å². The largest absolute Gasteiger partial charge is 0.493 e. The van der Waals surface area contributed by atoms with Crippen LogP contribution in [0.25, 0.3) is 0 Å². The molecule has 2 amide bonds. The number of hydrogen-bond donors (Lipinski definition) is 3. The fraction of sp³-hybridized carbons (Fsp3) is 0.571. The van der Waals surface area contributed by atoms with Crippen molar-refractivity contribution in [3.63, 3.8) is 0 Å². The van der Waals surface area contributed by atoms with Crippen LogP contribution in [0.15, 0.2) is 42.5 Å². The number of benzene rings is 2. The van der Waals surface area contributed by atoms with E-state index in [-0.39, 0.29) is 35.7 Å². The minimum Gasteiger partial charge on any atom is -0.493 e. The van der Waals surface area contributed by atoms with Gasteiger partial charge in [0.05, 0.1) is 18.8 Å². The van der Waals surface area contributed by atoms with E-state index in [1.54, 1.807) is 6.07 Å². The number of methoxy groups -OCH3 is 1. The van der Waals surface area contributed by atoms with E-state index in [0.29, 0.717) is 56.3 Å². The van der Waals surface area contributed by atoms with Crippen LogP contribution in [-0.4, -0.2) is 82.2 Å². The topological polar surface area (TPSA) is 129 Å². The molecule has 1 saturated carbocycles. The number of aliphatic hydroxyl groups is 1. The van der Waals surface area contributed by atoms with Crippen molar-refractivity contribution in [2.75, 3.05) is 26.7 Å². The number of aliphatic hydroxyl groups excluding tert-OH is 1. The predicted octanol–water partition coefficient (Wildman–Crippen LogP) is 5.40. The highest BCUT2D eigenvalue weighted by Crippen LogP contribution is 2.37. The highest BCUT2D eigenvalue weighted by Gasteiger charge is 2.55. The van der Waals surface area contributed by atoms with E-state index in [2.05, 4.69) is 17.1 Å². The van der Waals surface area contributed by atoms with E-state index in [1.165, 1.54) is 19.2 Å². The van der Waals surface area contributed by atoms with Gasteiger partial charge in [0.2, 0.25) is 11.8 Å². The number of hydrogen-bond acceptors (Lipinski definition) is 7. The van der Waals surface area contributed by atoms with E-state index in [9.17, 15) is 24.6 Å². The smallest absolute Gasteiger partial charge is 0.335 e. The summed E-state index contributed by atoms with van der Waals surface area (Å²) in [5, 5.41) is 23.5. The summed E-state index contributed by atoms with van der Waals surface area (Å²) >= 11 is 0. The molecule has 5 rings (SSSR count). The Balaban J connectivity index is 0.00000480. The van der Waals surface area contributed by atoms with Gasteiger partial charge in [0.25, 0.3) is 0 Å². The summed E-state index contributed by atoms with van der Waals surface area (Å²) in [5.74, 6) is 0.120. The molecule has 46 heavy (non-hydrogen) atoms. The van der Waals surface area contributed by atoms with Gasteiger partial charge < -0.3 is 29.9 Å². The van der Waals surface area contributed by atoms with E-state index in [0.717, 1.165) is 56.9 Å². The summed E-state index contributed by atoms with van der Waals surface area (Å²) in [6.45, 7) is 4.65. The van der Waals surface area contributed by atoms with Gasteiger partial charge in [-0.1, -0.05) is 51.2 Å². The monoisotopic (exact) mass is 657 g/mol. The molecule has 10 nitrogen and oxygen atoms in total. The summed E-state index contributed by atoms with van der Waals surface area (Å²) < 4.78 is 11.3. The number of nitrogens with zero attached hydrogens (tertiary/aromatic N) is 2. The Bertz CT molecular complexity index is 1340. The second-order valence-electron chi connectivity index (χ2n) is 12.8. The lowest BCUT2D eigenvalue weighted by molar-refractivity contribution is -0.165. The van der Waals surface area contributed by atoms with Gasteiger partial charge in [-0.3, -0.25) is 14.5 Å². The van der Waals surface area contributed by atoms with Gasteiger partial charge in [0, 0.05) is 26.2 Å². The zero-order chi connectivity index (χ0) is 32.0. The van der Waals surface area contributed by atoms with Crippen LogP contribution in [0.5, 0.6) is 17.2 Å². The number of nitrogens with one attached hydrogen (secondary N) is 1. The van der Waals surface area contributed by atoms with Crippen molar-refractivity contribution in [2.24, 2.45) is 5.92 Å². The number of carboxylic acid groups (broad SMARTS) is 1. The van der Waals surface area contributed by atoms with Gasteiger partial charge in [0.15, 0.2) is 11.5 Å². The normalized spacial score (nSPS) is 21.2. The van der Waals surface area contributed by atoms with Crippen molar-refractivity contribution in [1.82, 2.24) is 15.1 Å². The molecule has 3 aliphatic rings. The molecular weight excluding hydrogens is 610 g/mol. The standard InChI is InChI=1S/C35H47N3O7.ClH/c1-3-4-19-38-32(40)30(31(39)25-9-7-5-6-8-10-25)36-34(43)35(38)17-20-37(21-18-35)23-24-11-14-27(15-12-24)45-28-16-13-26(33(41)42)22-29(28)44-2;/h11-16,22,25,30-31,39H,3-10,17-21,23H2,1-2H3,(H,36,43)(H,41,42);1H/t30-,31-;/m1./s1. The Kier molecular flexibility index (Phi) is 12.3. The third kappa shape index (κ3) is 7.78. The number of piperazine rings is 1. The van der Waals surface area contributed by atoms with Crippen molar-refractivity contribution in [3.8, 4) is 17.2 Å². The van der Waals surface area contributed by atoms with Crippen molar-refractivity contribution in [3.05, 3.63) is 53.6 Å². The molecule has 2 aliphatic heterocycles. The number of likely N-dealkylation sites (tertiary alicyclic amines) is 1. The Morgan fingerprint density at radius 1 is 1.02 bits per heavy atom. The van der Waals surface area contributed by atoms with Crippen LogP contribution in [0.2, 0.25) is 0 Å². The fourth-order valence-corrected chi connectivity index (χ4v) is 7.15. The number of carbonyl (C=O) groups is 3. The fourth-order valence-electron chi connectivity index (χ4n) is 7.15. The second kappa shape index (κ2) is 16.0. The Morgan fingerprint density at radius 2 is 1.70 bits per heavy atom. The van der Waals surface area contributed by atoms with Crippen molar-refractivity contribution in [2.45, 2.75) is 95.4 Å². The first-order chi connectivity index (χ1) is 21.8. The van der Waals surface area contributed by atoms with E-state index in [4.69, 9.17) is 9.47 Å². The predicted molar refractivity (Wildman–Crippen MR) is 177 cm³/mol. The lowest BCUT2D eigenvalue weighted by Crippen LogP contribution is -2.75. The second-order valence-corrected chi connectivity index (χ2v) is 12.8. The zero-order valence-corrected chi connectivity index (χ0v) is 27.7. The average Bonchev–Trinajstić information content (AvgIpc) is 3.34. The lowest BCUT2D eigenvalue weighted by Gasteiger charge is -2.52. The minimum atomic E-state index is -1.04. The third-order valence-electron chi connectivity index (χ3n) is 9.87. The molecule has 3 N–H and O–H groups in total. The van der Waals surface area contributed by atoms with Gasteiger partial charge in [-0.15, -0.1) is 12.4 Å². The number of carbonyl (C=O) groups excluding carboxylic acids is 2.